The second-order valence-corrected chi connectivity index (χ2v) is 6.54. The number of rotatable bonds is 4. The van der Waals surface area contributed by atoms with Crippen molar-refractivity contribution in [2.75, 3.05) is 31.1 Å². The van der Waals surface area contributed by atoms with E-state index in [2.05, 4.69) is 33.6 Å². The van der Waals surface area contributed by atoms with E-state index in [0.717, 1.165) is 55.5 Å². The van der Waals surface area contributed by atoms with Gasteiger partial charge in [-0.3, -0.25) is 4.90 Å². The van der Waals surface area contributed by atoms with Crippen LogP contribution in [0.2, 0.25) is 0 Å². The number of aromatic nitrogens is 2. The molecule has 2 aromatic heterocycles. The number of fused-ring (bicyclic) bond motifs is 1. The maximum Gasteiger partial charge on any atom is 0.298 e. The van der Waals surface area contributed by atoms with Crippen molar-refractivity contribution >= 4 is 17.1 Å². The number of piperazine rings is 1. The number of nitrogens with zero attached hydrogens (tertiary/aromatic N) is 4. The van der Waals surface area contributed by atoms with E-state index in [-0.39, 0.29) is 0 Å². The first-order valence-corrected chi connectivity index (χ1v) is 8.46. The maximum atomic E-state index is 5.86. The fraction of sp³-hybridized carbons (Fsp3) is 0.444. The lowest BCUT2D eigenvalue weighted by molar-refractivity contribution is 0.220. The highest BCUT2D eigenvalue weighted by molar-refractivity contribution is 5.74. The molecule has 6 nitrogen and oxygen atoms in total. The van der Waals surface area contributed by atoms with Crippen molar-refractivity contribution in [3.63, 3.8) is 0 Å². The van der Waals surface area contributed by atoms with Gasteiger partial charge in [0.2, 0.25) is 5.89 Å². The van der Waals surface area contributed by atoms with Crippen LogP contribution in [0.1, 0.15) is 31.4 Å². The van der Waals surface area contributed by atoms with Crippen LogP contribution in [0, 0.1) is 0 Å². The molecule has 3 aromatic rings. The smallest absolute Gasteiger partial charge is 0.298 e. The van der Waals surface area contributed by atoms with E-state index in [9.17, 15) is 0 Å². The fourth-order valence-corrected chi connectivity index (χ4v) is 2.95. The van der Waals surface area contributed by atoms with Crippen molar-refractivity contribution in [1.29, 1.82) is 0 Å². The minimum absolute atomic E-state index is 0.377. The third kappa shape index (κ3) is 3.01. The zero-order valence-electron chi connectivity index (χ0n) is 14.1. The zero-order chi connectivity index (χ0) is 16.5. The Morgan fingerprint density at radius 3 is 2.58 bits per heavy atom. The molecule has 0 spiro atoms. The van der Waals surface area contributed by atoms with Gasteiger partial charge in [-0.15, -0.1) is 0 Å². The Balaban J connectivity index is 1.37. The van der Waals surface area contributed by atoms with Crippen LogP contribution in [0.3, 0.4) is 0 Å². The summed E-state index contributed by atoms with van der Waals surface area (Å²) in [4.78, 5) is 13.5. The average Bonchev–Trinajstić information content (AvgIpc) is 3.22. The molecule has 0 atom stereocenters. The molecule has 0 unspecified atom stereocenters. The minimum atomic E-state index is 0.377. The molecular formula is C18H22N4O2. The topological polar surface area (TPSA) is 58.5 Å². The Hall–Kier alpha value is -2.34. The van der Waals surface area contributed by atoms with Crippen molar-refractivity contribution in [3.05, 3.63) is 42.1 Å². The Kier molecular flexibility index (Phi) is 3.98. The molecule has 1 aliphatic rings. The van der Waals surface area contributed by atoms with Crippen molar-refractivity contribution in [2.24, 2.45) is 0 Å². The van der Waals surface area contributed by atoms with Gasteiger partial charge in [0.15, 0.2) is 5.58 Å². The van der Waals surface area contributed by atoms with E-state index in [1.54, 1.807) is 0 Å². The van der Waals surface area contributed by atoms with Gasteiger partial charge >= 0.3 is 0 Å². The van der Waals surface area contributed by atoms with Crippen LogP contribution in [0.25, 0.3) is 11.1 Å². The number of benzene rings is 1. The predicted octanol–water partition coefficient (Wildman–Crippen LogP) is 3.26. The van der Waals surface area contributed by atoms with Crippen LogP contribution < -0.4 is 4.90 Å². The molecule has 1 aromatic carbocycles. The molecule has 24 heavy (non-hydrogen) atoms. The van der Waals surface area contributed by atoms with Gasteiger partial charge in [-0.05, 0) is 12.1 Å². The summed E-state index contributed by atoms with van der Waals surface area (Å²) in [6.45, 7) is 8.66. The van der Waals surface area contributed by atoms with E-state index in [4.69, 9.17) is 8.83 Å². The van der Waals surface area contributed by atoms with Crippen LogP contribution in [-0.4, -0.2) is 41.0 Å². The van der Waals surface area contributed by atoms with Crippen LogP contribution in [0.4, 0.5) is 6.01 Å². The largest absolute Gasteiger partial charge is 0.444 e. The van der Waals surface area contributed by atoms with Crippen LogP contribution in [-0.2, 0) is 6.54 Å². The van der Waals surface area contributed by atoms with Gasteiger partial charge in [0.1, 0.15) is 11.3 Å². The van der Waals surface area contributed by atoms with E-state index >= 15 is 0 Å². The first-order chi connectivity index (χ1) is 11.7. The highest BCUT2D eigenvalue weighted by atomic mass is 16.4. The molecule has 0 saturated carbocycles. The monoisotopic (exact) mass is 326 g/mol. The molecule has 0 amide bonds. The van der Waals surface area contributed by atoms with E-state index in [1.165, 1.54) is 0 Å². The van der Waals surface area contributed by atoms with E-state index in [0.29, 0.717) is 11.9 Å². The van der Waals surface area contributed by atoms with Gasteiger partial charge < -0.3 is 13.7 Å². The summed E-state index contributed by atoms with van der Waals surface area (Å²) < 4.78 is 11.7. The molecule has 0 bridgehead atoms. The summed E-state index contributed by atoms with van der Waals surface area (Å²) >= 11 is 0. The minimum Gasteiger partial charge on any atom is -0.444 e. The molecule has 6 heteroatoms. The quantitative estimate of drug-likeness (QED) is 0.733. The summed E-state index contributed by atoms with van der Waals surface area (Å²) in [5.41, 5.74) is 1.76. The lowest BCUT2D eigenvalue weighted by Crippen LogP contribution is -2.46. The van der Waals surface area contributed by atoms with Crippen LogP contribution >= 0.6 is 0 Å². The molecule has 3 heterocycles. The zero-order valence-corrected chi connectivity index (χ0v) is 14.1. The third-order valence-corrected chi connectivity index (χ3v) is 4.42. The van der Waals surface area contributed by atoms with Crippen molar-refractivity contribution in [2.45, 2.75) is 26.3 Å². The molecular weight excluding hydrogens is 304 g/mol. The molecule has 0 radical (unpaired) electrons. The summed E-state index contributed by atoms with van der Waals surface area (Å²) in [5.74, 6) is 2.13. The van der Waals surface area contributed by atoms with Gasteiger partial charge in [0, 0.05) is 32.1 Å². The lowest BCUT2D eigenvalue weighted by Gasteiger charge is -2.32. The predicted molar refractivity (Wildman–Crippen MR) is 92.1 cm³/mol. The average molecular weight is 326 g/mol. The Morgan fingerprint density at radius 1 is 1.08 bits per heavy atom. The second-order valence-electron chi connectivity index (χ2n) is 6.54. The molecule has 4 rings (SSSR count). The van der Waals surface area contributed by atoms with Crippen LogP contribution in [0.15, 0.2) is 39.3 Å². The number of hydrogen-bond donors (Lipinski definition) is 0. The molecule has 126 valence electrons. The van der Waals surface area contributed by atoms with Crippen molar-refractivity contribution in [1.82, 2.24) is 14.9 Å². The third-order valence-electron chi connectivity index (χ3n) is 4.42. The summed E-state index contributed by atoms with van der Waals surface area (Å²) in [5, 5.41) is 0. The second kappa shape index (κ2) is 6.28. The molecule has 1 saturated heterocycles. The SMILES string of the molecule is CC(C)c1cnc(CN2CCN(c3nc4ccccc4o3)CC2)o1. The maximum absolute atomic E-state index is 5.86. The fourth-order valence-electron chi connectivity index (χ4n) is 2.95. The summed E-state index contributed by atoms with van der Waals surface area (Å²) in [6, 6.07) is 8.60. The number of anilines is 1. The molecule has 1 fully saturated rings. The van der Waals surface area contributed by atoms with Gasteiger partial charge in [0.05, 0.1) is 12.7 Å². The number of hydrogen-bond acceptors (Lipinski definition) is 6. The Bertz CT molecular complexity index is 782. The van der Waals surface area contributed by atoms with Crippen LogP contribution in [0.5, 0.6) is 0 Å². The van der Waals surface area contributed by atoms with Gasteiger partial charge in [-0.1, -0.05) is 26.0 Å². The first-order valence-electron chi connectivity index (χ1n) is 8.46. The highest BCUT2D eigenvalue weighted by Gasteiger charge is 2.22. The Morgan fingerprint density at radius 2 is 1.88 bits per heavy atom. The normalized spacial score (nSPS) is 16.4. The standard InChI is InChI=1S/C18H22N4O2/c1-13(2)16-11-19-17(23-16)12-21-7-9-22(10-8-21)18-20-14-5-3-4-6-15(14)24-18/h3-6,11,13H,7-10,12H2,1-2H3. The van der Waals surface area contributed by atoms with E-state index in [1.807, 2.05) is 30.5 Å². The Labute approximate surface area is 141 Å². The molecule has 0 N–H and O–H groups in total. The molecule has 1 aliphatic heterocycles. The van der Waals surface area contributed by atoms with Gasteiger partial charge in [-0.25, -0.2) is 4.98 Å². The summed E-state index contributed by atoms with van der Waals surface area (Å²) in [7, 11) is 0. The lowest BCUT2D eigenvalue weighted by atomic mass is 10.2. The summed E-state index contributed by atoms with van der Waals surface area (Å²) in [6.07, 6.45) is 1.84. The van der Waals surface area contributed by atoms with E-state index < -0.39 is 0 Å². The van der Waals surface area contributed by atoms with Crippen molar-refractivity contribution in [3.8, 4) is 0 Å². The number of para-hydroxylation sites is 2. The van der Waals surface area contributed by atoms with Crippen molar-refractivity contribution < 1.29 is 8.83 Å². The van der Waals surface area contributed by atoms with Gasteiger partial charge in [-0.2, -0.15) is 4.98 Å². The first kappa shape index (κ1) is 15.2. The highest BCUT2D eigenvalue weighted by Crippen LogP contribution is 2.23. The van der Waals surface area contributed by atoms with Gasteiger partial charge in [0.25, 0.3) is 6.01 Å². The number of oxazole rings is 2. The molecule has 0 aliphatic carbocycles.